The molecular weight excluding hydrogens is 447 g/mol. The van der Waals surface area contributed by atoms with Gasteiger partial charge in [0.15, 0.2) is 11.9 Å². The molecule has 0 spiro atoms. The standard InChI is InChI=1S/C21H16Cl2N2O6/c1-10(26)12-4-3-5-13(6-12)24-19(28)11(2)31-18(27)9-25-20(29)14-7-16(22)17(23)8-15(14)21(25)30/h3-8,11H,9H2,1-2H3,(H,24,28). The van der Waals surface area contributed by atoms with Crippen LogP contribution in [0.25, 0.3) is 0 Å². The number of hydrogen-bond donors (Lipinski definition) is 1. The Morgan fingerprint density at radius 1 is 1.03 bits per heavy atom. The summed E-state index contributed by atoms with van der Waals surface area (Å²) in [5.74, 6) is -3.19. The topological polar surface area (TPSA) is 110 Å². The first-order chi connectivity index (χ1) is 14.6. The van der Waals surface area contributed by atoms with Gasteiger partial charge in [-0.1, -0.05) is 35.3 Å². The van der Waals surface area contributed by atoms with E-state index in [9.17, 15) is 24.0 Å². The van der Waals surface area contributed by atoms with Gasteiger partial charge in [0, 0.05) is 11.3 Å². The highest BCUT2D eigenvalue weighted by Crippen LogP contribution is 2.31. The van der Waals surface area contributed by atoms with Crippen molar-refractivity contribution < 1.29 is 28.7 Å². The van der Waals surface area contributed by atoms with Gasteiger partial charge in [-0.2, -0.15) is 0 Å². The van der Waals surface area contributed by atoms with Crippen LogP contribution < -0.4 is 5.32 Å². The zero-order chi connectivity index (χ0) is 22.9. The van der Waals surface area contributed by atoms with Gasteiger partial charge in [0.05, 0.1) is 21.2 Å². The molecule has 2 aromatic rings. The molecule has 1 aliphatic rings. The van der Waals surface area contributed by atoms with E-state index in [1.807, 2.05) is 0 Å². The number of halogens is 2. The molecule has 3 amide bonds. The molecule has 1 aliphatic heterocycles. The molecule has 1 heterocycles. The van der Waals surface area contributed by atoms with E-state index < -0.39 is 36.3 Å². The number of nitrogens with one attached hydrogen (secondary N) is 1. The van der Waals surface area contributed by atoms with Crippen LogP contribution in [0.15, 0.2) is 36.4 Å². The van der Waals surface area contributed by atoms with Crippen molar-refractivity contribution in [1.82, 2.24) is 4.90 Å². The summed E-state index contributed by atoms with van der Waals surface area (Å²) in [6.07, 6.45) is -1.22. The van der Waals surface area contributed by atoms with Crippen LogP contribution in [0.1, 0.15) is 44.9 Å². The summed E-state index contributed by atoms with van der Waals surface area (Å²) in [5.41, 5.74) is 0.828. The molecule has 1 N–H and O–H groups in total. The van der Waals surface area contributed by atoms with Gasteiger partial charge in [-0.15, -0.1) is 0 Å². The number of ether oxygens (including phenoxy) is 1. The lowest BCUT2D eigenvalue weighted by molar-refractivity contribution is -0.153. The predicted octanol–water partition coefficient (Wildman–Crippen LogP) is 3.36. The number of Topliss-reactive ketones (excluding diaryl/α,β-unsaturated/α-hetero) is 1. The van der Waals surface area contributed by atoms with E-state index in [0.29, 0.717) is 16.2 Å². The Hall–Kier alpha value is -3.23. The van der Waals surface area contributed by atoms with E-state index in [4.69, 9.17) is 27.9 Å². The Balaban J connectivity index is 1.62. The molecule has 0 radical (unpaired) electrons. The number of esters is 1. The second-order valence-corrected chi connectivity index (χ2v) is 7.58. The lowest BCUT2D eigenvalue weighted by Crippen LogP contribution is -2.38. The summed E-state index contributed by atoms with van der Waals surface area (Å²) in [6.45, 7) is 2.05. The molecule has 8 nitrogen and oxygen atoms in total. The fraction of sp³-hybridized carbons (Fsp3) is 0.190. The highest BCUT2D eigenvalue weighted by molar-refractivity contribution is 6.43. The maximum atomic E-state index is 12.4. The number of hydrogen-bond acceptors (Lipinski definition) is 6. The Morgan fingerprint density at radius 3 is 2.16 bits per heavy atom. The number of nitrogens with zero attached hydrogens (tertiary/aromatic N) is 1. The van der Waals surface area contributed by atoms with Gasteiger partial charge in [0.1, 0.15) is 6.54 Å². The maximum Gasteiger partial charge on any atom is 0.326 e. The van der Waals surface area contributed by atoms with Gasteiger partial charge in [-0.25, -0.2) is 0 Å². The average Bonchev–Trinajstić information content (AvgIpc) is 2.93. The molecule has 3 rings (SSSR count). The fourth-order valence-electron chi connectivity index (χ4n) is 2.90. The zero-order valence-corrected chi connectivity index (χ0v) is 17.9. The third-order valence-electron chi connectivity index (χ3n) is 4.51. The first kappa shape index (κ1) is 22.5. The van der Waals surface area contributed by atoms with Crippen LogP contribution in [0, 0.1) is 0 Å². The summed E-state index contributed by atoms with van der Waals surface area (Å²) >= 11 is 11.8. The predicted molar refractivity (Wildman–Crippen MR) is 112 cm³/mol. The van der Waals surface area contributed by atoms with Crippen molar-refractivity contribution in [2.75, 3.05) is 11.9 Å². The van der Waals surface area contributed by atoms with Gasteiger partial charge in [-0.3, -0.25) is 28.9 Å². The summed E-state index contributed by atoms with van der Waals surface area (Å²) < 4.78 is 5.05. The summed E-state index contributed by atoms with van der Waals surface area (Å²) in [4.78, 5) is 61.6. The highest BCUT2D eigenvalue weighted by atomic mass is 35.5. The second-order valence-electron chi connectivity index (χ2n) is 6.77. The van der Waals surface area contributed by atoms with E-state index in [0.717, 1.165) is 0 Å². The zero-order valence-electron chi connectivity index (χ0n) is 16.4. The fourth-order valence-corrected chi connectivity index (χ4v) is 3.23. The summed E-state index contributed by atoms with van der Waals surface area (Å²) in [5, 5.41) is 2.74. The third kappa shape index (κ3) is 4.76. The summed E-state index contributed by atoms with van der Waals surface area (Å²) in [7, 11) is 0. The molecule has 0 bridgehead atoms. The van der Waals surface area contributed by atoms with Crippen molar-refractivity contribution in [2.24, 2.45) is 0 Å². The van der Waals surface area contributed by atoms with E-state index in [-0.39, 0.29) is 27.0 Å². The van der Waals surface area contributed by atoms with E-state index in [1.165, 1.54) is 32.0 Å². The Bertz CT molecular complexity index is 1090. The van der Waals surface area contributed by atoms with E-state index in [1.54, 1.807) is 18.2 Å². The monoisotopic (exact) mass is 462 g/mol. The molecule has 2 aromatic carbocycles. The van der Waals surface area contributed by atoms with Crippen molar-refractivity contribution in [3.05, 3.63) is 63.1 Å². The SMILES string of the molecule is CC(=O)c1cccc(NC(=O)C(C)OC(=O)CN2C(=O)c3cc(Cl)c(Cl)cc3C2=O)c1. The molecule has 0 saturated heterocycles. The largest absolute Gasteiger partial charge is 0.451 e. The van der Waals surface area contributed by atoms with Crippen LogP contribution in [0.2, 0.25) is 10.0 Å². The average molecular weight is 463 g/mol. The van der Waals surface area contributed by atoms with Gasteiger partial charge >= 0.3 is 5.97 Å². The summed E-state index contributed by atoms with van der Waals surface area (Å²) in [6, 6.07) is 8.79. The van der Waals surface area contributed by atoms with Crippen LogP contribution in [-0.2, 0) is 14.3 Å². The normalized spacial score (nSPS) is 13.6. The van der Waals surface area contributed by atoms with Crippen LogP contribution in [0.4, 0.5) is 5.69 Å². The van der Waals surface area contributed by atoms with Crippen LogP contribution >= 0.6 is 23.2 Å². The molecule has 1 unspecified atom stereocenters. The molecule has 10 heteroatoms. The molecule has 1 atom stereocenters. The smallest absolute Gasteiger partial charge is 0.326 e. The Kier molecular flexibility index (Phi) is 6.42. The molecule has 31 heavy (non-hydrogen) atoms. The molecule has 0 fully saturated rings. The van der Waals surface area contributed by atoms with Crippen molar-refractivity contribution >= 4 is 58.4 Å². The van der Waals surface area contributed by atoms with Crippen LogP contribution in [0.5, 0.6) is 0 Å². The number of rotatable bonds is 6. The minimum Gasteiger partial charge on any atom is -0.451 e. The number of ketones is 1. The van der Waals surface area contributed by atoms with Crippen LogP contribution in [0.3, 0.4) is 0 Å². The second kappa shape index (κ2) is 8.87. The third-order valence-corrected chi connectivity index (χ3v) is 5.24. The van der Waals surface area contributed by atoms with Crippen molar-refractivity contribution in [1.29, 1.82) is 0 Å². The minimum absolute atomic E-state index is 0.0309. The molecule has 0 saturated carbocycles. The number of fused-ring (bicyclic) bond motifs is 1. The Morgan fingerprint density at radius 2 is 1.61 bits per heavy atom. The first-order valence-corrected chi connectivity index (χ1v) is 9.80. The number of anilines is 1. The molecular formula is C21H16Cl2N2O6. The lowest BCUT2D eigenvalue weighted by atomic mass is 10.1. The van der Waals surface area contributed by atoms with Crippen molar-refractivity contribution in [2.45, 2.75) is 20.0 Å². The quantitative estimate of drug-likeness (QED) is 0.400. The number of benzene rings is 2. The number of amides is 3. The van der Waals surface area contributed by atoms with Crippen LogP contribution in [-0.4, -0.2) is 47.0 Å². The Labute approximate surface area is 187 Å². The number of imide groups is 1. The number of carbonyl (C=O) groups excluding carboxylic acids is 5. The maximum absolute atomic E-state index is 12.4. The highest BCUT2D eigenvalue weighted by Gasteiger charge is 2.38. The van der Waals surface area contributed by atoms with Gasteiger partial charge in [-0.05, 0) is 38.1 Å². The van der Waals surface area contributed by atoms with Gasteiger partial charge in [0.2, 0.25) is 0 Å². The van der Waals surface area contributed by atoms with E-state index >= 15 is 0 Å². The molecule has 0 aliphatic carbocycles. The minimum atomic E-state index is -1.22. The van der Waals surface area contributed by atoms with Crippen molar-refractivity contribution in [3.8, 4) is 0 Å². The lowest BCUT2D eigenvalue weighted by Gasteiger charge is -2.17. The van der Waals surface area contributed by atoms with E-state index in [2.05, 4.69) is 5.32 Å². The molecule has 160 valence electrons. The van der Waals surface area contributed by atoms with Gasteiger partial charge < -0.3 is 10.1 Å². The van der Waals surface area contributed by atoms with Crippen molar-refractivity contribution in [3.63, 3.8) is 0 Å². The number of carbonyl (C=O) groups is 5. The van der Waals surface area contributed by atoms with Gasteiger partial charge in [0.25, 0.3) is 17.7 Å². The molecule has 0 aromatic heterocycles. The first-order valence-electron chi connectivity index (χ1n) is 9.05.